The van der Waals surface area contributed by atoms with Crippen LogP contribution in [0.5, 0.6) is 0 Å². The van der Waals surface area contributed by atoms with Crippen LogP contribution in [0, 0.1) is 5.92 Å². The Morgan fingerprint density at radius 2 is 2.38 bits per heavy atom. The van der Waals surface area contributed by atoms with Gasteiger partial charge in [0, 0.05) is 6.04 Å². The third-order valence-electron chi connectivity index (χ3n) is 2.96. The van der Waals surface area contributed by atoms with Gasteiger partial charge in [0.2, 0.25) is 0 Å². The van der Waals surface area contributed by atoms with Crippen LogP contribution in [-0.2, 0) is 4.79 Å². The first-order chi connectivity index (χ1) is 6.11. The molecule has 0 aromatic rings. The molecule has 0 aromatic heterocycles. The van der Waals surface area contributed by atoms with E-state index < -0.39 is 5.97 Å². The Hall–Kier alpha value is -0.570. The van der Waals surface area contributed by atoms with E-state index in [2.05, 4.69) is 11.8 Å². The monoisotopic (exact) mass is 185 g/mol. The zero-order valence-corrected chi connectivity index (χ0v) is 8.49. The summed E-state index contributed by atoms with van der Waals surface area (Å²) in [5, 5.41) is 8.70. The molecule has 1 fully saturated rings. The van der Waals surface area contributed by atoms with Crippen LogP contribution in [0.2, 0.25) is 0 Å². The van der Waals surface area contributed by atoms with Crippen LogP contribution in [0.25, 0.3) is 0 Å². The van der Waals surface area contributed by atoms with Gasteiger partial charge in [-0.25, -0.2) is 0 Å². The minimum atomic E-state index is -0.674. The molecule has 2 unspecified atom stereocenters. The van der Waals surface area contributed by atoms with Crippen LogP contribution in [0.3, 0.4) is 0 Å². The Morgan fingerprint density at radius 3 is 2.85 bits per heavy atom. The summed E-state index contributed by atoms with van der Waals surface area (Å²) >= 11 is 0. The molecule has 1 heterocycles. The maximum absolute atomic E-state index is 10.6. The summed E-state index contributed by atoms with van der Waals surface area (Å²) in [5.74, 6) is -0.875. The molecule has 0 saturated carbocycles. The molecule has 0 radical (unpaired) electrons. The summed E-state index contributed by atoms with van der Waals surface area (Å²) in [4.78, 5) is 13.0. The lowest BCUT2D eigenvalue weighted by Crippen LogP contribution is -2.29. The second-order valence-corrected chi connectivity index (χ2v) is 4.06. The molecule has 13 heavy (non-hydrogen) atoms. The van der Waals surface area contributed by atoms with Crippen LogP contribution >= 0.6 is 0 Å². The Kier molecular flexibility index (Phi) is 3.72. The van der Waals surface area contributed by atoms with E-state index in [1.165, 1.54) is 12.8 Å². The van der Waals surface area contributed by atoms with E-state index in [1.54, 1.807) is 6.92 Å². The molecule has 0 aromatic carbocycles. The van der Waals surface area contributed by atoms with Gasteiger partial charge in [-0.1, -0.05) is 6.92 Å². The average Bonchev–Trinajstić information content (AvgIpc) is 2.47. The summed E-state index contributed by atoms with van der Waals surface area (Å²) in [7, 11) is 0. The molecule has 3 heteroatoms. The van der Waals surface area contributed by atoms with Crippen molar-refractivity contribution in [2.45, 2.75) is 39.2 Å². The fourth-order valence-electron chi connectivity index (χ4n) is 1.81. The third kappa shape index (κ3) is 2.99. The van der Waals surface area contributed by atoms with E-state index in [0.29, 0.717) is 6.04 Å². The first kappa shape index (κ1) is 10.5. The highest BCUT2D eigenvalue weighted by Gasteiger charge is 2.21. The summed E-state index contributed by atoms with van der Waals surface area (Å²) in [6.07, 6.45) is 3.31. The quantitative estimate of drug-likeness (QED) is 0.723. The predicted molar refractivity (Wildman–Crippen MR) is 51.7 cm³/mol. The number of aliphatic carboxylic acids is 1. The zero-order valence-electron chi connectivity index (χ0n) is 8.49. The van der Waals surface area contributed by atoms with Crippen molar-refractivity contribution in [3.05, 3.63) is 0 Å². The minimum absolute atomic E-state index is 0.201. The number of hydrogen-bond donors (Lipinski definition) is 1. The maximum atomic E-state index is 10.6. The fraction of sp³-hybridized carbons (Fsp3) is 0.900. The van der Waals surface area contributed by atoms with E-state index in [1.807, 2.05) is 0 Å². The Morgan fingerprint density at radius 1 is 1.69 bits per heavy atom. The molecule has 1 N–H and O–H groups in total. The minimum Gasteiger partial charge on any atom is -0.481 e. The Bertz CT molecular complexity index is 182. The molecule has 0 aliphatic carbocycles. The fourth-order valence-corrected chi connectivity index (χ4v) is 1.81. The molecule has 0 bridgehead atoms. The van der Waals surface area contributed by atoms with Gasteiger partial charge in [-0.15, -0.1) is 0 Å². The van der Waals surface area contributed by atoms with Crippen molar-refractivity contribution in [2.75, 3.05) is 13.1 Å². The molecule has 1 aliphatic rings. The highest BCUT2D eigenvalue weighted by molar-refractivity contribution is 5.69. The largest absolute Gasteiger partial charge is 0.481 e. The van der Waals surface area contributed by atoms with Gasteiger partial charge in [-0.3, -0.25) is 4.79 Å². The first-order valence-electron chi connectivity index (χ1n) is 5.08. The third-order valence-corrected chi connectivity index (χ3v) is 2.96. The number of carboxylic acids is 1. The number of hydrogen-bond acceptors (Lipinski definition) is 2. The van der Waals surface area contributed by atoms with Crippen molar-refractivity contribution in [1.29, 1.82) is 0 Å². The van der Waals surface area contributed by atoms with Crippen LogP contribution in [0.4, 0.5) is 0 Å². The summed E-state index contributed by atoms with van der Waals surface area (Å²) in [6, 6.07) is 0.654. The smallest absolute Gasteiger partial charge is 0.306 e. The lowest BCUT2D eigenvalue weighted by atomic mass is 10.1. The number of nitrogens with zero attached hydrogens (tertiary/aromatic N) is 1. The second kappa shape index (κ2) is 4.61. The first-order valence-corrected chi connectivity index (χ1v) is 5.08. The van der Waals surface area contributed by atoms with E-state index in [-0.39, 0.29) is 5.92 Å². The van der Waals surface area contributed by atoms with Gasteiger partial charge in [0.25, 0.3) is 0 Å². The van der Waals surface area contributed by atoms with Crippen molar-refractivity contribution in [1.82, 2.24) is 4.90 Å². The van der Waals surface area contributed by atoms with Gasteiger partial charge in [0.05, 0.1) is 5.92 Å². The Balaban J connectivity index is 2.22. The predicted octanol–water partition coefficient (Wildman–Crippen LogP) is 1.58. The summed E-state index contributed by atoms with van der Waals surface area (Å²) in [6.45, 7) is 6.09. The maximum Gasteiger partial charge on any atom is 0.306 e. The number of rotatable bonds is 4. The van der Waals surface area contributed by atoms with Crippen molar-refractivity contribution < 1.29 is 9.90 Å². The number of carboxylic acid groups (broad SMARTS) is 1. The molecular formula is C10H19NO2. The van der Waals surface area contributed by atoms with E-state index in [9.17, 15) is 4.79 Å². The molecule has 0 amide bonds. The van der Waals surface area contributed by atoms with Crippen molar-refractivity contribution in [3.8, 4) is 0 Å². The number of carbonyl (C=O) groups is 1. The molecule has 3 nitrogen and oxygen atoms in total. The van der Waals surface area contributed by atoms with Gasteiger partial charge < -0.3 is 10.0 Å². The van der Waals surface area contributed by atoms with Crippen LogP contribution in [-0.4, -0.2) is 35.1 Å². The SMILES string of the molecule is CC(CCN1CCCC1C)C(=O)O. The molecule has 1 rings (SSSR count). The summed E-state index contributed by atoms with van der Waals surface area (Å²) in [5.41, 5.74) is 0. The standard InChI is InChI=1S/C10H19NO2/c1-8(10(12)13)5-7-11-6-3-4-9(11)2/h8-9H,3-7H2,1-2H3,(H,12,13). The highest BCUT2D eigenvalue weighted by Crippen LogP contribution is 2.17. The van der Waals surface area contributed by atoms with Gasteiger partial charge in [0.15, 0.2) is 0 Å². The summed E-state index contributed by atoms with van der Waals surface area (Å²) < 4.78 is 0. The lowest BCUT2D eigenvalue weighted by Gasteiger charge is -2.21. The topological polar surface area (TPSA) is 40.5 Å². The van der Waals surface area contributed by atoms with Crippen molar-refractivity contribution >= 4 is 5.97 Å². The second-order valence-electron chi connectivity index (χ2n) is 4.06. The van der Waals surface area contributed by atoms with E-state index in [4.69, 9.17) is 5.11 Å². The van der Waals surface area contributed by atoms with Gasteiger partial charge in [0.1, 0.15) is 0 Å². The molecule has 2 atom stereocenters. The highest BCUT2D eigenvalue weighted by atomic mass is 16.4. The van der Waals surface area contributed by atoms with E-state index >= 15 is 0 Å². The molecule has 76 valence electrons. The lowest BCUT2D eigenvalue weighted by molar-refractivity contribution is -0.141. The van der Waals surface area contributed by atoms with Crippen molar-refractivity contribution in [3.63, 3.8) is 0 Å². The van der Waals surface area contributed by atoms with Crippen LogP contribution in [0.1, 0.15) is 33.1 Å². The van der Waals surface area contributed by atoms with Crippen LogP contribution < -0.4 is 0 Å². The molecule has 1 saturated heterocycles. The normalized spacial score (nSPS) is 26.2. The van der Waals surface area contributed by atoms with Gasteiger partial charge in [-0.05, 0) is 39.3 Å². The number of likely N-dealkylation sites (tertiary alicyclic amines) is 1. The van der Waals surface area contributed by atoms with Gasteiger partial charge >= 0.3 is 5.97 Å². The van der Waals surface area contributed by atoms with Crippen molar-refractivity contribution in [2.24, 2.45) is 5.92 Å². The average molecular weight is 185 g/mol. The molecule has 1 aliphatic heterocycles. The Labute approximate surface area is 79.7 Å². The molecule has 0 spiro atoms. The van der Waals surface area contributed by atoms with Gasteiger partial charge in [-0.2, -0.15) is 0 Å². The molecular weight excluding hydrogens is 166 g/mol. The van der Waals surface area contributed by atoms with Crippen LogP contribution in [0.15, 0.2) is 0 Å². The van der Waals surface area contributed by atoms with E-state index in [0.717, 1.165) is 19.5 Å². The zero-order chi connectivity index (χ0) is 9.84.